The maximum atomic E-state index is 13.3. The number of hydrogen-bond donors (Lipinski definition) is 5. The molecule has 0 saturated carbocycles. The number of alkyl halides is 6. The highest BCUT2D eigenvalue weighted by Crippen LogP contribution is 2.37. The number of ether oxygens (including phenoxy) is 1. The third kappa shape index (κ3) is 8.78. The van der Waals surface area contributed by atoms with Gasteiger partial charge in [0, 0.05) is 35.1 Å². The number of nitrogens with two attached hydrogens (primary N) is 1. The van der Waals surface area contributed by atoms with Crippen LogP contribution in [0.15, 0.2) is 49.1 Å². The quantitative estimate of drug-likeness (QED) is 0.147. The number of halogens is 7. The molecule has 256 valence electrons. The summed E-state index contributed by atoms with van der Waals surface area (Å²) in [6.07, 6.45) is -3.44. The number of carboxylic acid groups (broad SMARTS) is 2. The standard InChI is InChI=1S/C23H21ClN8O2.2C2HF3O2/c1-3-34-20-14(9-16(24)15-11-27-30-19(15)20)12(2)28-23(33)18-21(25)31-32-8-6-17(29-22(18)32)13-5-4-7-26-10-13;2*3-2(4,5)1(6)7/h4-12H,3H2,1-2H3,(H2,25,31)(H,27,30)(H,28,33);2*(H,6,7). The molecule has 1 atom stereocenters. The van der Waals surface area contributed by atoms with Crippen LogP contribution in [0.2, 0.25) is 5.02 Å². The number of pyridine rings is 1. The smallest absolute Gasteiger partial charge is 0.490 e. The number of benzene rings is 1. The number of carboxylic acids is 2. The molecule has 6 N–H and O–H groups in total. The first kappa shape index (κ1) is 36.8. The fourth-order valence-electron chi connectivity index (χ4n) is 3.87. The highest BCUT2D eigenvalue weighted by molar-refractivity contribution is 6.35. The van der Waals surface area contributed by atoms with Crippen molar-refractivity contribution in [1.29, 1.82) is 0 Å². The zero-order chi connectivity index (χ0) is 36.0. The lowest BCUT2D eigenvalue weighted by Gasteiger charge is -2.19. The number of rotatable bonds is 6. The van der Waals surface area contributed by atoms with Crippen LogP contribution in [-0.2, 0) is 9.59 Å². The molecule has 5 aromatic rings. The van der Waals surface area contributed by atoms with Crippen molar-refractivity contribution in [3.8, 4) is 17.0 Å². The molecule has 4 aromatic heterocycles. The second-order valence-corrected chi connectivity index (χ2v) is 9.66. The number of aromatic amines is 1. The van der Waals surface area contributed by atoms with Gasteiger partial charge in [-0.3, -0.25) is 14.9 Å². The highest BCUT2D eigenvalue weighted by atomic mass is 35.5. The van der Waals surface area contributed by atoms with Gasteiger partial charge in [-0.25, -0.2) is 19.1 Å². The van der Waals surface area contributed by atoms with E-state index in [1.54, 1.807) is 36.9 Å². The van der Waals surface area contributed by atoms with Gasteiger partial charge in [-0.05, 0) is 38.1 Å². The molecule has 48 heavy (non-hydrogen) atoms. The number of nitrogens with one attached hydrogen (secondary N) is 2. The Morgan fingerprint density at radius 3 is 2.27 bits per heavy atom. The number of carbonyl (C=O) groups is 3. The minimum absolute atomic E-state index is 0.0765. The predicted molar refractivity (Wildman–Crippen MR) is 156 cm³/mol. The molecule has 0 aliphatic heterocycles. The van der Waals surface area contributed by atoms with E-state index in [1.807, 2.05) is 26.0 Å². The third-order valence-corrected chi connectivity index (χ3v) is 6.27. The van der Waals surface area contributed by atoms with Gasteiger partial charge in [0.25, 0.3) is 5.91 Å². The van der Waals surface area contributed by atoms with E-state index in [9.17, 15) is 31.1 Å². The lowest BCUT2D eigenvalue weighted by atomic mass is 10.0. The molecule has 0 fully saturated rings. The van der Waals surface area contributed by atoms with Gasteiger partial charge in [-0.2, -0.15) is 31.4 Å². The topological polar surface area (TPSA) is 211 Å². The first-order valence-corrected chi connectivity index (χ1v) is 13.5. The minimum atomic E-state index is -5.08. The molecule has 5 rings (SSSR count). The zero-order valence-corrected chi connectivity index (χ0v) is 25.1. The Bertz CT molecular complexity index is 1910. The average Bonchev–Trinajstić information content (AvgIpc) is 3.63. The number of nitrogens with zero attached hydrogens (tertiary/aromatic N) is 5. The normalized spacial score (nSPS) is 11.9. The molecule has 1 amide bonds. The first-order chi connectivity index (χ1) is 22.4. The number of amides is 1. The van der Waals surface area contributed by atoms with E-state index in [1.165, 1.54) is 4.52 Å². The van der Waals surface area contributed by atoms with Gasteiger partial charge in [0.15, 0.2) is 11.5 Å². The summed E-state index contributed by atoms with van der Waals surface area (Å²) in [6.45, 7) is 4.16. The number of aromatic nitrogens is 6. The third-order valence-electron chi connectivity index (χ3n) is 5.95. The number of anilines is 1. The first-order valence-electron chi connectivity index (χ1n) is 13.1. The van der Waals surface area contributed by atoms with Crippen LogP contribution >= 0.6 is 11.6 Å². The summed E-state index contributed by atoms with van der Waals surface area (Å²) in [4.78, 5) is 39.9. The number of carbonyl (C=O) groups excluding carboxylic acids is 1. The Kier molecular flexibility index (Phi) is 11.4. The number of H-pyrrole nitrogens is 1. The van der Waals surface area contributed by atoms with E-state index in [0.717, 1.165) is 10.9 Å². The molecule has 0 saturated heterocycles. The van der Waals surface area contributed by atoms with Crippen molar-refractivity contribution >= 4 is 51.8 Å². The van der Waals surface area contributed by atoms with Crippen LogP contribution in [0.3, 0.4) is 0 Å². The van der Waals surface area contributed by atoms with Crippen LogP contribution in [0, 0.1) is 0 Å². The molecule has 0 aliphatic rings. The zero-order valence-electron chi connectivity index (χ0n) is 24.4. The van der Waals surface area contributed by atoms with E-state index in [2.05, 4.69) is 30.6 Å². The Balaban J connectivity index is 0.000000376. The van der Waals surface area contributed by atoms with Crippen LogP contribution in [-0.4, -0.2) is 76.8 Å². The summed E-state index contributed by atoms with van der Waals surface area (Å²) in [5, 5.41) is 29.7. The second kappa shape index (κ2) is 14.8. The summed E-state index contributed by atoms with van der Waals surface area (Å²) in [6, 6.07) is 6.80. The molecule has 0 aliphatic carbocycles. The van der Waals surface area contributed by atoms with Gasteiger partial charge in [0.2, 0.25) is 0 Å². The van der Waals surface area contributed by atoms with Crippen LogP contribution in [0.1, 0.15) is 35.8 Å². The molecule has 0 bridgehead atoms. The van der Waals surface area contributed by atoms with Crippen LogP contribution < -0.4 is 15.8 Å². The summed E-state index contributed by atoms with van der Waals surface area (Å²) in [5.41, 5.74) is 9.48. The maximum Gasteiger partial charge on any atom is 0.490 e. The van der Waals surface area contributed by atoms with E-state index in [-0.39, 0.29) is 11.4 Å². The van der Waals surface area contributed by atoms with Crippen LogP contribution in [0.5, 0.6) is 5.75 Å². The fraction of sp³-hybridized carbons (Fsp3) is 0.222. The van der Waals surface area contributed by atoms with Gasteiger partial charge in [-0.1, -0.05) is 11.6 Å². The van der Waals surface area contributed by atoms with Crippen LogP contribution in [0.4, 0.5) is 32.2 Å². The van der Waals surface area contributed by atoms with E-state index in [0.29, 0.717) is 39.8 Å². The molecular formula is C27H23ClF6N8O6. The Labute approximate surface area is 269 Å². The summed E-state index contributed by atoms with van der Waals surface area (Å²) in [5.74, 6) is -5.27. The van der Waals surface area contributed by atoms with E-state index < -0.39 is 36.2 Å². The average molecular weight is 705 g/mol. The summed E-state index contributed by atoms with van der Waals surface area (Å²) in [7, 11) is 0. The lowest BCUT2D eigenvalue weighted by molar-refractivity contribution is -0.193. The number of hydrogen-bond acceptors (Lipinski definition) is 9. The van der Waals surface area contributed by atoms with Gasteiger partial charge in [0.05, 0.1) is 29.6 Å². The molecule has 0 spiro atoms. The van der Waals surface area contributed by atoms with Gasteiger partial charge in [-0.15, -0.1) is 5.10 Å². The van der Waals surface area contributed by atoms with Crippen molar-refractivity contribution in [3.05, 3.63) is 65.2 Å². The van der Waals surface area contributed by atoms with Gasteiger partial charge < -0.3 is 26.0 Å². The number of nitrogen functional groups attached to an aromatic ring is 1. The van der Waals surface area contributed by atoms with Gasteiger partial charge in [0.1, 0.15) is 16.8 Å². The van der Waals surface area contributed by atoms with Gasteiger partial charge >= 0.3 is 24.3 Å². The molecule has 21 heteroatoms. The van der Waals surface area contributed by atoms with E-state index >= 15 is 0 Å². The molecule has 0 radical (unpaired) electrons. The SMILES string of the molecule is CCOc1c(C(C)NC(=O)c2c(N)nn3ccc(-c4cccnc4)nc23)cc(Cl)c2cn[nH]c12.O=C(O)C(F)(F)F.O=C(O)C(F)(F)F. The largest absolute Gasteiger partial charge is 0.491 e. The van der Waals surface area contributed by atoms with E-state index in [4.69, 9.17) is 41.9 Å². The second-order valence-electron chi connectivity index (χ2n) is 9.25. The van der Waals surface area contributed by atoms with Crippen molar-refractivity contribution in [1.82, 2.24) is 35.1 Å². The molecule has 4 heterocycles. The molecule has 1 aromatic carbocycles. The lowest BCUT2D eigenvalue weighted by Crippen LogP contribution is -2.27. The summed E-state index contributed by atoms with van der Waals surface area (Å²) < 4.78 is 70.8. The Morgan fingerprint density at radius 1 is 1.10 bits per heavy atom. The summed E-state index contributed by atoms with van der Waals surface area (Å²) >= 11 is 6.46. The monoisotopic (exact) mass is 704 g/mol. The predicted octanol–water partition coefficient (Wildman–Crippen LogP) is 5.06. The van der Waals surface area contributed by atoms with Crippen molar-refractivity contribution in [2.75, 3.05) is 12.3 Å². The maximum absolute atomic E-state index is 13.3. The van der Waals surface area contributed by atoms with Crippen molar-refractivity contribution in [3.63, 3.8) is 0 Å². The number of fused-ring (bicyclic) bond motifs is 2. The fourth-order valence-corrected chi connectivity index (χ4v) is 4.13. The van der Waals surface area contributed by atoms with Crippen molar-refractivity contribution in [2.24, 2.45) is 0 Å². The van der Waals surface area contributed by atoms with Crippen molar-refractivity contribution < 1.29 is 55.7 Å². The Morgan fingerprint density at radius 2 is 1.73 bits per heavy atom. The minimum Gasteiger partial charge on any atom is -0.491 e. The number of aliphatic carboxylic acids is 2. The van der Waals surface area contributed by atoms with Crippen LogP contribution in [0.25, 0.3) is 27.8 Å². The molecule has 1 unspecified atom stereocenters. The van der Waals surface area contributed by atoms with Crippen molar-refractivity contribution in [2.45, 2.75) is 32.2 Å². The molecular weight excluding hydrogens is 682 g/mol. The molecule has 14 nitrogen and oxygen atoms in total. The Hall–Kier alpha value is -5.66. The highest BCUT2D eigenvalue weighted by Gasteiger charge is 2.39.